The molecule has 27 heavy (non-hydrogen) atoms. The zero-order valence-corrected chi connectivity index (χ0v) is 16.5. The van der Waals surface area contributed by atoms with E-state index < -0.39 is 16.0 Å². The minimum Gasteiger partial charge on any atom is -0.462 e. The molecule has 8 heteroatoms. The van der Waals surface area contributed by atoms with Crippen LogP contribution >= 0.6 is 11.6 Å². The minimum atomic E-state index is -3.72. The lowest BCUT2D eigenvalue weighted by atomic mass is 10.2. The van der Waals surface area contributed by atoms with Crippen LogP contribution in [0.1, 0.15) is 17.3 Å². The van der Waals surface area contributed by atoms with Gasteiger partial charge in [-0.3, -0.25) is 0 Å². The van der Waals surface area contributed by atoms with Gasteiger partial charge in [0.25, 0.3) is 0 Å². The lowest BCUT2D eigenvalue weighted by Crippen LogP contribution is -2.48. The number of sulfonamides is 1. The van der Waals surface area contributed by atoms with Crippen LogP contribution in [0.3, 0.4) is 0 Å². The van der Waals surface area contributed by atoms with Crippen LogP contribution < -0.4 is 4.90 Å². The van der Waals surface area contributed by atoms with E-state index in [4.69, 9.17) is 16.3 Å². The Labute approximate surface area is 164 Å². The first-order valence-corrected chi connectivity index (χ1v) is 10.5. The Morgan fingerprint density at radius 3 is 2.37 bits per heavy atom. The van der Waals surface area contributed by atoms with Crippen LogP contribution in [0.25, 0.3) is 0 Å². The molecular weight excluding hydrogens is 388 g/mol. The van der Waals surface area contributed by atoms with E-state index in [9.17, 15) is 13.2 Å². The Kier molecular flexibility index (Phi) is 6.04. The molecule has 0 bridgehead atoms. The number of carbonyl (C=O) groups excluding carboxylic acids is 1. The van der Waals surface area contributed by atoms with Crippen LogP contribution in [-0.4, -0.2) is 51.5 Å². The predicted molar refractivity (Wildman–Crippen MR) is 105 cm³/mol. The molecule has 1 saturated heterocycles. The molecule has 6 nitrogen and oxygen atoms in total. The Bertz CT molecular complexity index is 911. The van der Waals surface area contributed by atoms with E-state index in [-0.39, 0.29) is 22.1 Å². The quantitative estimate of drug-likeness (QED) is 0.711. The number of nitrogens with zero attached hydrogens (tertiary/aromatic N) is 2. The van der Waals surface area contributed by atoms with Crippen molar-refractivity contribution in [1.29, 1.82) is 0 Å². The van der Waals surface area contributed by atoms with Crippen molar-refractivity contribution in [2.24, 2.45) is 0 Å². The summed E-state index contributed by atoms with van der Waals surface area (Å²) < 4.78 is 32.4. The molecule has 2 aromatic rings. The third kappa shape index (κ3) is 4.26. The van der Waals surface area contributed by atoms with Crippen molar-refractivity contribution in [2.75, 3.05) is 37.7 Å². The molecule has 2 aromatic carbocycles. The molecule has 0 radical (unpaired) electrons. The van der Waals surface area contributed by atoms with E-state index in [0.717, 1.165) is 5.69 Å². The number of piperazine rings is 1. The topological polar surface area (TPSA) is 66.9 Å². The summed E-state index contributed by atoms with van der Waals surface area (Å²) in [5.74, 6) is -0.631. The van der Waals surface area contributed by atoms with E-state index in [1.54, 1.807) is 6.92 Å². The number of para-hydroxylation sites is 1. The normalized spacial score (nSPS) is 15.6. The zero-order valence-electron chi connectivity index (χ0n) is 15.0. The maximum Gasteiger partial charge on any atom is 0.339 e. The lowest BCUT2D eigenvalue weighted by molar-refractivity contribution is 0.0526. The first kappa shape index (κ1) is 19.7. The van der Waals surface area contributed by atoms with Gasteiger partial charge in [-0.25, -0.2) is 13.2 Å². The van der Waals surface area contributed by atoms with E-state index in [2.05, 4.69) is 4.90 Å². The number of esters is 1. The van der Waals surface area contributed by atoms with Gasteiger partial charge in [-0.1, -0.05) is 29.8 Å². The fraction of sp³-hybridized carbons (Fsp3) is 0.316. The van der Waals surface area contributed by atoms with Crippen LogP contribution in [0.15, 0.2) is 53.4 Å². The average molecular weight is 409 g/mol. The van der Waals surface area contributed by atoms with Crippen LogP contribution in [0.2, 0.25) is 5.02 Å². The van der Waals surface area contributed by atoms with Crippen molar-refractivity contribution >= 4 is 33.3 Å². The highest BCUT2D eigenvalue weighted by Crippen LogP contribution is 2.25. The third-order valence-corrected chi connectivity index (χ3v) is 6.66. The highest BCUT2D eigenvalue weighted by molar-refractivity contribution is 7.89. The van der Waals surface area contributed by atoms with Gasteiger partial charge in [0.2, 0.25) is 10.0 Å². The van der Waals surface area contributed by atoms with Crippen LogP contribution in [0.4, 0.5) is 5.69 Å². The second-order valence-electron chi connectivity index (χ2n) is 6.09. The molecule has 3 rings (SSSR count). The van der Waals surface area contributed by atoms with E-state index in [1.807, 2.05) is 30.3 Å². The number of hydrogen-bond donors (Lipinski definition) is 0. The molecule has 0 spiro atoms. The second kappa shape index (κ2) is 8.29. The zero-order chi connectivity index (χ0) is 19.4. The largest absolute Gasteiger partial charge is 0.462 e. The molecule has 0 aliphatic carbocycles. The summed E-state index contributed by atoms with van der Waals surface area (Å²) in [7, 11) is -3.72. The number of anilines is 1. The van der Waals surface area contributed by atoms with Gasteiger partial charge in [0.15, 0.2) is 0 Å². The summed E-state index contributed by atoms with van der Waals surface area (Å²) in [4.78, 5) is 14.2. The van der Waals surface area contributed by atoms with Crippen LogP contribution in [0.5, 0.6) is 0 Å². The van der Waals surface area contributed by atoms with Gasteiger partial charge >= 0.3 is 5.97 Å². The van der Waals surface area contributed by atoms with E-state index >= 15 is 0 Å². The molecule has 0 atom stereocenters. The highest BCUT2D eigenvalue weighted by atomic mass is 35.5. The summed E-state index contributed by atoms with van der Waals surface area (Å²) in [6.07, 6.45) is 0. The molecule has 0 amide bonds. The highest BCUT2D eigenvalue weighted by Gasteiger charge is 2.29. The molecule has 144 valence electrons. The Morgan fingerprint density at radius 2 is 1.74 bits per heavy atom. The molecule has 1 fully saturated rings. The first-order valence-electron chi connectivity index (χ1n) is 8.70. The van der Waals surface area contributed by atoms with Crippen molar-refractivity contribution in [3.8, 4) is 0 Å². The predicted octanol–water partition coefficient (Wildman–Crippen LogP) is 3.03. The maximum absolute atomic E-state index is 13.0. The smallest absolute Gasteiger partial charge is 0.339 e. The van der Waals surface area contributed by atoms with Crippen molar-refractivity contribution < 1.29 is 17.9 Å². The summed E-state index contributed by atoms with van der Waals surface area (Å²) in [5.41, 5.74) is 1.13. The summed E-state index contributed by atoms with van der Waals surface area (Å²) in [6.45, 7) is 3.80. The van der Waals surface area contributed by atoms with Crippen LogP contribution in [0, 0.1) is 0 Å². The van der Waals surface area contributed by atoms with Gasteiger partial charge in [-0.05, 0) is 37.3 Å². The summed E-state index contributed by atoms with van der Waals surface area (Å²) >= 11 is 6.03. The standard InChI is InChI=1S/C19H21ClN2O4S/c1-2-26-19(23)17-14-16(8-9-18(17)20)27(24,25)22-12-10-21(11-13-22)15-6-4-3-5-7-15/h3-9,14H,2,10-13H2,1H3. The Hall–Kier alpha value is -2.09. The SMILES string of the molecule is CCOC(=O)c1cc(S(=O)(=O)N2CCN(c3ccccc3)CC2)ccc1Cl. The van der Waals surface area contributed by atoms with Gasteiger partial charge in [-0.2, -0.15) is 4.31 Å². The monoisotopic (exact) mass is 408 g/mol. The van der Waals surface area contributed by atoms with Crippen molar-refractivity contribution in [3.05, 3.63) is 59.1 Å². The summed E-state index contributed by atoms with van der Waals surface area (Å²) in [6, 6.07) is 14.0. The average Bonchev–Trinajstić information content (AvgIpc) is 2.69. The number of hydrogen-bond acceptors (Lipinski definition) is 5. The number of rotatable bonds is 5. The fourth-order valence-electron chi connectivity index (χ4n) is 3.00. The van der Waals surface area contributed by atoms with Gasteiger partial charge in [0.1, 0.15) is 0 Å². The number of ether oxygens (including phenoxy) is 1. The molecule has 0 N–H and O–H groups in total. The molecule has 0 aromatic heterocycles. The molecule has 0 saturated carbocycles. The maximum atomic E-state index is 13.0. The Balaban J connectivity index is 1.77. The molecule has 1 heterocycles. The number of carbonyl (C=O) groups is 1. The second-order valence-corrected chi connectivity index (χ2v) is 8.43. The van der Waals surface area contributed by atoms with Crippen molar-refractivity contribution in [3.63, 3.8) is 0 Å². The third-order valence-electron chi connectivity index (χ3n) is 4.43. The minimum absolute atomic E-state index is 0.0446. The van der Waals surface area contributed by atoms with E-state index in [1.165, 1.54) is 22.5 Å². The molecule has 0 unspecified atom stereocenters. The number of benzene rings is 2. The van der Waals surface area contributed by atoms with Gasteiger partial charge < -0.3 is 9.64 Å². The van der Waals surface area contributed by atoms with Gasteiger partial charge in [0.05, 0.1) is 22.1 Å². The Morgan fingerprint density at radius 1 is 1.07 bits per heavy atom. The molecule has 1 aliphatic rings. The lowest BCUT2D eigenvalue weighted by Gasteiger charge is -2.35. The fourth-order valence-corrected chi connectivity index (χ4v) is 4.65. The van der Waals surface area contributed by atoms with Crippen LogP contribution in [-0.2, 0) is 14.8 Å². The first-order chi connectivity index (χ1) is 12.9. The van der Waals surface area contributed by atoms with Crippen molar-refractivity contribution in [2.45, 2.75) is 11.8 Å². The van der Waals surface area contributed by atoms with Gasteiger partial charge in [0, 0.05) is 31.9 Å². The van der Waals surface area contributed by atoms with Crippen molar-refractivity contribution in [1.82, 2.24) is 4.31 Å². The number of halogens is 1. The summed E-state index contributed by atoms with van der Waals surface area (Å²) in [5, 5.41) is 0.168. The van der Waals surface area contributed by atoms with E-state index in [0.29, 0.717) is 26.2 Å². The molecular formula is C19H21ClN2O4S. The van der Waals surface area contributed by atoms with Gasteiger partial charge in [-0.15, -0.1) is 0 Å². The molecule has 1 aliphatic heterocycles.